The van der Waals surface area contributed by atoms with E-state index < -0.39 is 0 Å². The highest BCUT2D eigenvalue weighted by atomic mass is 35.5. The number of rotatable bonds is 2. The number of phenolic OH excluding ortho intramolecular Hbond substituents is 1. The second kappa shape index (κ2) is 4.72. The van der Waals surface area contributed by atoms with Gasteiger partial charge < -0.3 is 9.84 Å². The van der Waals surface area contributed by atoms with Gasteiger partial charge in [0.05, 0.1) is 22.3 Å². The van der Waals surface area contributed by atoms with E-state index in [1.54, 1.807) is 25.3 Å². The molecule has 96 valence electrons. The summed E-state index contributed by atoms with van der Waals surface area (Å²) in [5.41, 5.74) is 1.63. The highest BCUT2D eigenvalue weighted by molar-refractivity contribution is 7.21. The molecular weight excluding hydrogens is 282 g/mol. The maximum absolute atomic E-state index is 9.55. The van der Waals surface area contributed by atoms with Gasteiger partial charge in [-0.3, -0.25) is 0 Å². The number of methoxy groups -OCH3 is 1. The molecule has 1 heterocycles. The van der Waals surface area contributed by atoms with E-state index in [9.17, 15) is 5.11 Å². The van der Waals surface area contributed by atoms with E-state index in [1.807, 2.05) is 18.2 Å². The summed E-state index contributed by atoms with van der Waals surface area (Å²) in [6, 6.07) is 10.6. The van der Waals surface area contributed by atoms with Crippen LogP contribution in [-0.2, 0) is 0 Å². The van der Waals surface area contributed by atoms with Crippen molar-refractivity contribution in [3.63, 3.8) is 0 Å². The van der Waals surface area contributed by atoms with Crippen LogP contribution >= 0.6 is 22.9 Å². The van der Waals surface area contributed by atoms with Crippen LogP contribution in [0.25, 0.3) is 20.8 Å². The van der Waals surface area contributed by atoms with E-state index >= 15 is 0 Å². The van der Waals surface area contributed by atoms with Crippen LogP contribution in [-0.4, -0.2) is 17.2 Å². The molecule has 0 aliphatic heterocycles. The number of aromatic hydroxyl groups is 1. The molecule has 3 nitrogen and oxygen atoms in total. The van der Waals surface area contributed by atoms with Gasteiger partial charge in [0.25, 0.3) is 0 Å². The summed E-state index contributed by atoms with van der Waals surface area (Å²) < 4.78 is 6.21. The Labute approximate surface area is 119 Å². The third-order valence-corrected chi connectivity index (χ3v) is 4.16. The second-order valence-electron chi connectivity index (χ2n) is 4.02. The van der Waals surface area contributed by atoms with Crippen LogP contribution in [0.4, 0.5) is 0 Å². The lowest BCUT2D eigenvalue weighted by atomic mass is 10.2. The van der Waals surface area contributed by atoms with Gasteiger partial charge in [0.1, 0.15) is 16.5 Å². The number of hydrogen-bond acceptors (Lipinski definition) is 4. The van der Waals surface area contributed by atoms with Gasteiger partial charge in [-0.1, -0.05) is 11.6 Å². The normalized spacial score (nSPS) is 10.8. The first-order chi connectivity index (χ1) is 9.17. The smallest absolute Gasteiger partial charge is 0.126 e. The summed E-state index contributed by atoms with van der Waals surface area (Å²) in [6.07, 6.45) is 0. The summed E-state index contributed by atoms with van der Waals surface area (Å²) >= 11 is 7.66. The molecule has 0 saturated carbocycles. The van der Waals surface area contributed by atoms with Crippen molar-refractivity contribution in [2.75, 3.05) is 7.11 Å². The standard InChI is InChI=1S/C14H10ClNO2S/c1-18-9-3-5-12-13(7-9)19-14(16-12)10-6-8(17)2-4-11(10)15/h2-7,17H,1H3. The first-order valence-corrected chi connectivity index (χ1v) is 6.80. The first-order valence-electron chi connectivity index (χ1n) is 5.61. The molecule has 5 heteroatoms. The molecule has 0 fully saturated rings. The van der Waals surface area contributed by atoms with Crippen LogP contribution in [0, 0.1) is 0 Å². The van der Waals surface area contributed by atoms with Gasteiger partial charge in [-0.25, -0.2) is 4.98 Å². The van der Waals surface area contributed by atoms with Crippen molar-refractivity contribution in [2.45, 2.75) is 0 Å². The van der Waals surface area contributed by atoms with Crippen LogP contribution in [0.3, 0.4) is 0 Å². The molecule has 0 atom stereocenters. The molecule has 0 amide bonds. The van der Waals surface area contributed by atoms with Crippen molar-refractivity contribution in [3.05, 3.63) is 41.4 Å². The lowest BCUT2D eigenvalue weighted by Gasteiger charge is -2.00. The fourth-order valence-electron chi connectivity index (χ4n) is 1.82. The third-order valence-electron chi connectivity index (χ3n) is 2.78. The quantitative estimate of drug-likeness (QED) is 0.764. The van der Waals surface area contributed by atoms with E-state index in [-0.39, 0.29) is 5.75 Å². The van der Waals surface area contributed by atoms with E-state index in [0.717, 1.165) is 26.5 Å². The molecule has 19 heavy (non-hydrogen) atoms. The van der Waals surface area contributed by atoms with Crippen LogP contribution in [0.15, 0.2) is 36.4 Å². The Kier molecular flexibility index (Phi) is 3.05. The van der Waals surface area contributed by atoms with Crippen LogP contribution in [0.5, 0.6) is 11.5 Å². The van der Waals surface area contributed by atoms with E-state index in [1.165, 1.54) is 11.3 Å². The third kappa shape index (κ3) is 2.25. The number of thiazole rings is 1. The Hall–Kier alpha value is -1.78. The Morgan fingerprint density at radius 1 is 1.21 bits per heavy atom. The van der Waals surface area contributed by atoms with Gasteiger partial charge in [0.2, 0.25) is 0 Å². The van der Waals surface area contributed by atoms with Gasteiger partial charge in [0.15, 0.2) is 0 Å². The van der Waals surface area contributed by atoms with Crippen molar-refractivity contribution < 1.29 is 9.84 Å². The Morgan fingerprint density at radius 3 is 2.84 bits per heavy atom. The predicted molar refractivity (Wildman–Crippen MR) is 78.3 cm³/mol. The van der Waals surface area contributed by atoms with Crippen molar-refractivity contribution in [1.82, 2.24) is 4.98 Å². The molecule has 1 aromatic heterocycles. The number of aromatic nitrogens is 1. The summed E-state index contributed by atoms with van der Waals surface area (Å²) in [7, 11) is 1.63. The largest absolute Gasteiger partial charge is 0.508 e. The van der Waals surface area contributed by atoms with Gasteiger partial charge in [-0.05, 0) is 36.4 Å². The summed E-state index contributed by atoms with van der Waals surface area (Å²) in [4.78, 5) is 4.53. The van der Waals surface area contributed by atoms with Gasteiger partial charge in [-0.2, -0.15) is 0 Å². The van der Waals surface area contributed by atoms with Crippen LogP contribution in [0.2, 0.25) is 5.02 Å². The van der Waals surface area contributed by atoms with E-state index in [4.69, 9.17) is 16.3 Å². The van der Waals surface area contributed by atoms with Gasteiger partial charge >= 0.3 is 0 Å². The number of hydrogen-bond donors (Lipinski definition) is 1. The number of fused-ring (bicyclic) bond motifs is 1. The molecule has 3 aromatic rings. The molecular formula is C14H10ClNO2S. The monoisotopic (exact) mass is 291 g/mol. The zero-order valence-corrected chi connectivity index (χ0v) is 11.6. The molecule has 2 aromatic carbocycles. The second-order valence-corrected chi connectivity index (χ2v) is 5.45. The minimum atomic E-state index is 0.177. The number of ether oxygens (including phenoxy) is 1. The highest BCUT2D eigenvalue weighted by Crippen LogP contribution is 2.37. The summed E-state index contributed by atoms with van der Waals surface area (Å²) in [5.74, 6) is 0.973. The maximum Gasteiger partial charge on any atom is 0.126 e. The zero-order valence-electron chi connectivity index (χ0n) is 10.1. The van der Waals surface area contributed by atoms with E-state index in [2.05, 4.69) is 4.98 Å². The Morgan fingerprint density at radius 2 is 2.05 bits per heavy atom. The molecule has 0 aliphatic rings. The van der Waals surface area contributed by atoms with Gasteiger partial charge in [-0.15, -0.1) is 11.3 Å². The Balaban J connectivity index is 2.17. The fourth-order valence-corrected chi connectivity index (χ4v) is 3.11. The lowest BCUT2D eigenvalue weighted by Crippen LogP contribution is -1.80. The van der Waals surface area contributed by atoms with Crippen molar-refractivity contribution in [1.29, 1.82) is 0 Å². The molecule has 0 spiro atoms. The lowest BCUT2D eigenvalue weighted by molar-refractivity contribution is 0.415. The molecule has 1 N–H and O–H groups in total. The number of halogens is 1. The summed E-state index contributed by atoms with van der Waals surface area (Å²) in [5, 5.41) is 10.9. The average molecular weight is 292 g/mol. The topological polar surface area (TPSA) is 42.4 Å². The van der Waals surface area contributed by atoms with Crippen LogP contribution < -0.4 is 4.74 Å². The van der Waals surface area contributed by atoms with Crippen molar-refractivity contribution >= 4 is 33.2 Å². The number of phenols is 1. The number of benzene rings is 2. The minimum absolute atomic E-state index is 0.177. The molecule has 0 saturated heterocycles. The first kappa shape index (κ1) is 12.3. The number of nitrogens with zero attached hydrogens (tertiary/aromatic N) is 1. The van der Waals surface area contributed by atoms with Crippen LogP contribution in [0.1, 0.15) is 0 Å². The average Bonchev–Trinajstić information content (AvgIpc) is 2.83. The molecule has 0 radical (unpaired) electrons. The van der Waals surface area contributed by atoms with Crippen molar-refractivity contribution in [3.8, 4) is 22.1 Å². The minimum Gasteiger partial charge on any atom is -0.508 e. The highest BCUT2D eigenvalue weighted by Gasteiger charge is 2.11. The Bertz CT molecular complexity index is 754. The molecule has 0 aliphatic carbocycles. The fraction of sp³-hybridized carbons (Fsp3) is 0.0714. The predicted octanol–water partition coefficient (Wildman–Crippen LogP) is 4.33. The molecule has 0 bridgehead atoms. The molecule has 3 rings (SSSR count). The van der Waals surface area contributed by atoms with Crippen molar-refractivity contribution in [2.24, 2.45) is 0 Å². The van der Waals surface area contributed by atoms with E-state index in [0.29, 0.717) is 5.02 Å². The SMILES string of the molecule is COc1ccc2nc(-c3cc(O)ccc3Cl)sc2c1. The molecule has 0 unspecified atom stereocenters. The summed E-state index contributed by atoms with van der Waals surface area (Å²) in [6.45, 7) is 0. The maximum atomic E-state index is 9.55. The van der Waals surface area contributed by atoms with Gasteiger partial charge in [0, 0.05) is 5.56 Å². The zero-order chi connectivity index (χ0) is 13.4.